The van der Waals surface area contributed by atoms with Gasteiger partial charge in [0.1, 0.15) is 0 Å². The van der Waals surface area contributed by atoms with E-state index in [4.69, 9.17) is 11.6 Å². The molecule has 17 heavy (non-hydrogen) atoms. The highest BCUT2D eigenvalue weighted by atomic mass is 79.9. The summed E-state index contributed by atoms with van der Waals surface area (Å²) < 4.78 is 0.898. The molecule has 0 heterocycles. The third kappa shape index (κ3) is 3.35. The molecule has 0 bridgehead atoms. The van der Waals surface area contributed by atoms with Crippen LogP contribution in [0, 0.1) is 0 Å². The van der Waals surface area contributed by atoms with Crippen molar-refractivity contribution in [1.29, 1.82) is 0 Å². The lowest BCUT2D eigenvalue weighted by Crippen LogP contribution is -1.85. The summed E-state index contributed by atoms with van der Waals surface area (Å²) in [6, 6.07) is 13.2. The molecule has 2 aromatic rings. The van der Waals surface area contributed by atoms with Crippen molar-refractivity contribution in [3.05, 3.63) is 57.5 Å². The maximum absolute atomic E-state index is 11.0. The number of aldehydes is 1. The van der Waals surface area contributed by atoms with E-state index in [9.17, 15) is 4.79 Å². The lowest BCUT2D eigenvalue weighted by atomic mass is 10.2. The number of hydrogen-bond acceptors (Lipinski definition) is 2. The van der Waals surface area contributed by atoms with Crippen LogP contribution in [0.2, 0.25) is 5.02 Å². The molecule has 0 radical (unpaired) electrons. The van der Waals surface area contributed by atoms with E-state index < -0.39 is 0 Å². The Morgan fingerprint density at radius 3 is 2.71 bits per heavy atom. The first kappa shape index (κ1) is 12.7. The monoisotopic (exact) mass is 326 g/mol. The zero-order chi connectivity index (χ0) is 12.3. The van der Waals surface area contributed by atoms with Gasteiger partial charge in [-0.1, -0.05) is 45.4 Å². The van der Waals surface area contributed by atoms with Gasteiger partial charge in [0.05, 0.1) is 0 Å². The fraction of sp³-hybridized carbons (Fsp3) is 0. The molecule has 86 valence electrons. The molecular formula is C13H8BrClOS. The van der Waals surface area contributed by atoms with E-state index in [0.717, 1.165) is 20.5 Å². The second-order valence-electron chi connectivity index (χ2n) is 3.36. The third-order valence-electron chi connectivity index (χ3n) is 2.12. The average Bonchev–Trinajstić information content (AvgIpc) is 2.31. The summed E-state index contributed by atoms with van der Waals surface area (Å²) in [7, 11) is 0. The Morgan fingerprint density at radius 1 is 1.18 bits per heavy atom. The van der Waals surface area contributed by atoms with Crippen molar-refractivity contribution in [3.63, 3.8) is 0 Å². The molecule has 0 saturated carbocycles. The van der Waals surface area contributed by atoms with Crippen LogP contribution in [0.5, 0.6) is 0 Å². The van der Waals surface area contributed by atoms with Crippen molar-refractivity contribution in [2.75, 3.05) is 0 Å². The van der Waals surface area contributed by atoms with Gasteiger partial charge in [-0.25, -0.2) is 0 Å². The molecule has 0 atom stereocenters. The Hall–Kier alpha value is -0.770. The minimum atomic E-state index is 0.671. The van der Waals surface area contributed by atoms with E-state index in [1.54, 1.807) is 6.07 Å². The lowest BCUT2D eigenvalue weighted by molar-refractivity contribution is 0.112. The first-order chi connectivity index (χ1) is 8.19. The molecule has 4 heteroatoms. The molecule has 0 unspecified atom stereocenters. The van der Waals surface area contributed by atoms with Crippen LogP contribution < -0.4 is 0 Å². The van der Waals surface area contributed by atoms with Crippen molar-refractivity contribution in [3.8, 4) is 0 Å². The van der Waals surface area contributed by atoms with Crippen molar-refractivity contribution < 1.29 is 4.79 Å². The topological polar surface area (TPSA) is 17.1 Å². The lowest BCUT2D eigenvalue weighted by Gasteiger charge is -2.05. The van der Waals surface area contributed by atoms with Gasteiger partial charge in [0, 0.05) is 24.8 Å². The molecule has 0 amide bonds. The van der Waals surface area contributed by atoms with E-state index >= 15 is 0 Å². The highest BCUT2D eigenvalue weighted by Crippen LogP contribution is 2.32. The van der Waals surface area contributed by atoms with Crippen LogP contribution >= 0.6 is 39.3 Å². The van der Waals surface area contributed by atoms with E-state index in [1.165, 1.54) is 11.8 Å². The van der Waals surface area contributed by atoms with E-state index in [1.807, 2.05) is 36.4 Å². The molecule has 0 spiro atoms. The number of benzene rings is 2. The van der Waals surface area contributed by atoms with E-state index in [-0.39, 0.29) is 0 Å². The molecule has 2 aromatic carbocycles. The maximum Gasteiger partial charge on any atom is 0.151 e. The Morgan fingerprint density at radius 2 is 2.00 bits per heavy atom. The number of rotatable bonds is 3. The highest BCUT2D eigenvalue weighted by Gasteiger charge is 2.05. The largest absolute Gasteiger partial charge is 0.298 e. The van der Waals surface area contributed by atoms with Gasteiger partial charge in [0.25, 0.3) is 0 Å². The normalized spacial score (nSPS) is 10.2. The number of carbonyl (C=O) groups is 1. The van der Waals surface area contributed by atoms with Crippen molar-refractivity contribution in [2.45, 2.75) is 9.79 Å². The summed E-state index contributed by atoms with van der Waals surface area (Å²) >= 11 is 10.8. The van der Waals surface area contributed by atoms with Gasteiger partial charge >= 0.3 is 0 Å². The molecule has 0 N–H and O–H groups in total. The zero-order valence-corrected chi connectivity index (χ0v) is 11.8. The van der Waals surface area contributed by atoms with Crippen LogP contribution in [-0.4, -0.2) is 6.29 Å². The van der Waals surface area contributed by atoms with Gasteiger partial charge in [-0.3, -0.25) is 4.79 Å². The fourth-order valence-electron chi connectivity index (χ4n) is 1.36. The Bertz CT molecular complexity index is 557. The number of hydrogen-bond donors (Lipinski definition) is 0. The molecule has 0 aromatic heterocycles. The standard InChI is InChI=1S/C13H8BrClOS/c14-10-4-5-13(9(6-10)8-16)17-12-3-1-2-11(15)7-12/h1-8H. The smallest absolute Gasteiger partial charge is 0.151 e. The van der Waals surface area contributed by atoms with E-state index in [0.29, 0.717) is 10.6 Å². The van der Waals surface area contributed by atoms with Crippen molar-refractivity contribution in [1.82, 2.24) is 0 Å². The van der Waals surface area contributed by atoms with Crippen LogP contribution in [0.3, 0.4) is 0 Å². The molecule has 0 aliphatic rings. The summed E-state index contributed by atoms with van der Waals surface area (Å²) in [6.07, 6.45) is 0.859. The summed E-state index contributed by atoms with van der Waals surface area (Å²) in [5.41, 5.74) is 0.671. The van der Waals surface area contributed by atoms with Crippen molar-refractivity contribution >= 4 is 45.6 Å². The summed E-state index contributed by atoms with van der Waals surface area (Å²) in [4.78, 5) is 12.9. The quantitative estimate of drug-likeness (QED) is 0.732. The summed E-state index contributed by atoms with van der Waals surface area (Å²) in [6.45, 7) is 0. The molecule has 2 rings (SSSR count). The fourth-order valence-corrected chi connectivity index (χ4v) is 2.94. The van der Waals surface area contributed by atoms with E-state index in [2.05, 4.69) is 15.9 Å². The van der Waals surface area contributed by atoms with Crippen molar-refractivity contribution in [2.24, 2.45) is 0 Å². The number of carbonyl (C=O) groups excluding carboxylic acids is 1. The average molecular weight is 328 g/mol. The molecule has 0 aliphatic carbocycles. The van der Waals surface area contributed by atoms with Crippen LogP contribution in [0.25, 0.3) is 0 Å². The first-order valence-corrected chi connectivity index (χ1v) is 6.86. The van der Waals surface area contributed by atoms with Gasteiger partial charge in [-0.05, 0) is 36.4 Å². The van der Waals surface area contributed by atoms with Gasteiger partial charge in [0.15, 0.2) is 6.29 Å². The SMILES string of the molecule is O=Cc1cc(Br)ccc1Sc1cccc(Cl)c1. The van der Waals surface area contributed by atoms with Gasteiger partial charge in [-0.2, -0.15) is 0 Å². The number of halogens is 2. The predicted molar refractivity (Wildman–Crippen MR) is 75.1 cm³/mol. The first-order valence-electron chi connectivity index (χ1n) is 4.87. The maximum atomic E-state index is 11.0. The second kappa shape index (κ2) is 5.71. The predicted octanol–water partition coefficient (Wildman–Crippen LogP) is 5.07. The van der Waals surface area contributed by atoms with Crippen LogP contribution in [0.4, 0.5) is 0 Å². The zero-order valence-electron chi connectivity index (χ0n) is 8.69. The van der Waals surface area contributed by atoms with Crippen LogP contribution in [0.1, 0.15) is 10.4 Å². The molecule has 0 saturated heterocycles. The summed E-state index contributed by atoms with van der Waals surface area (Å²) in [5, 5.41) is 0.694. The minimum absolute atomic E-state index is 0.671. The van der Waals surface area contributed by atoms with Crippen LogP contribution in [0.15, 0.2) is 56.7 Å². The molecule has 1 nitrogen and oxygen atoms in total. The molecule has 0 aliphatic heterocycles. The second-order valence-corrected chi connectivity index (χ2v) is 5.83. The third-order valence-corrected chi connectivity index (χ3v) is 3.93. The Balaban J connectivity index is 2.32. The highest BCUT2D eigenvalue weighted by molar-refractivity contribution is 9.10. The van der Waals surface area contributed by atoms with Crippen LogP contribution in [-0.2, 0) is 0 Å². The molecular weight excluding hydrogens is 320 g/mol. The van der Waals surface area contributed by atoms with Gasteiger partial charge in [0.2, 0.25) is 0 Å². The Labute approximate surface area is 117 Å². The summed E-state index contributed by atoms with van der Waals surface area (Å²) in [5.74, 6) is 0. The Kier molecular flexibility index (Phi) is 4.26. The van der Waals surface area contributed by atoms with Gasteiger partial charge < -0.3 is 0 Å². The van der Waals surface area contributed by atoms with Gasteiger partial charge in [-0.15, -0.1) is 0 Å². The minimum Gasteiger partial charge on any atom is -0.298 e. The molecule has 0 fully saturated rings.